The van der Waals surface area contributed by atoms with Crippen LogP contribution in [0.3, 0.4) is 0 Å². The third kappa shape index (κ3) is 10.0. The lowest BCUT2D eigenvalue weighted by Gasteiger charge is -2.50. The summed E-state index contributed by atoms with van der Waals surface area (Å²) in [6.07, 6.45) is 5.57. The van der Waals surface area contributed by atoms with Gasteiger partial charge in [0.15, 0.2) is 6.29 Å². The summed E-state index contributed by atoms with van der Waals surface area (Å²) in [7, 11) is -5.95. The molecule has 0 bridgehead atoms. The van der Waals surface area contributed by atoms with Gasteiger partial charge in [0, 0.05) is 19.4 Å². The van der Waals surface area contributed by atoms with Gasteiger partial charge >= 0.3 is 0 Å². The molecule has 0 aromatic heterocycles. The van der Waals surface area contributed by atoms with Crippen molar-refractivity contribution in [1.82, 2.24) is 0 Å². The van der Waals surface area contributed by atoms with Crippen molar-refractivity contribution in [2.75, 3.05) is 26.4 Å². The summed E-state index contributed by atoms with van der Waals surface area (Å²) in [6, 6.07) is 43.7. The molecule has 8 nitrogen and oxygen atoms in total. The van der Waals surface area contributed by atoms with Crippen LogP contribution < -0.4 is 20.7 Å². The highest BCUT2D eigenvalue weighted by atomic mass is 28.4. The Morgan fingerprint density at radius 1 is 0.562 bits per heavy atom. The molecule has 0 saturated carbocycles. The van der Waals surface area contributed by atoms with Gasteiger partial charge in [-0.15, -0.1) is 6.58 Å². The molecule has 4 saturated heterocycles. The van der Waals surface area contributed by atoms with Gasteiger partial charge in [-0.25, -0.2) is 0 Å². The molecular formula is C54H72O8Si2. The van der Waals surface area contributed by atoms with Gasteiger partial charge in [0.05, 0.1) is 62.5 Å². The van der Waals surface area contributed by atoms with Crippen LogP contribution in [0, 0.1) is 0 Å². The lowest BCUT2D eigenvalue weighted by atomic mass is 9.95. The van der Waals surface area contributed by atoms with Crippen LogP contribution in [-0.4, -0.2) is 98.2 Å². The third-order valence-electron chi connectivity index (χ3n) is 14.0. The Morgan fingerprint density at radius 2 is 1.08 bits per heavy atom. The zero-order chi connectivity index (χ0) is 44.8. The molecule has 0 N–H and O–H groups in total. The minimum Gasteiger partial charge on any atom is -0.405 e. The van der Waals surface area contributed by atoms with Crippen molar-refractivity contribution in [2.45, 2.75) is 152 Å². The lowest BCUT2D eigenvalue weighted by Crippen LogP contribution is -2.70. The number of ether oxygens (including phenoxy) is 6. The molecule has 8 rings (SSSR count). The Hall–Kier alpha value is -3.27. The molecule has 4 aliphatic rings. The predicted octanol–water partition coefficient (Wildman–Crippen LogP) is 8.49. The van der Waals surface area contributed by atoms with Crippen LogP contribution in [0.1, 0.15) is 86.5 Å². The van der Waals surface area contributed by atoms with E-state index >= 15 is 0 Å². The van der Waals surface area contributed by atoms with Crippen LogP contribution in [0.25, 0.3) is 0 Å². The minimum absolute atomic E-state index is 0.00450. The predicted molar refractivity (Wildman–Crippen MR) is 260 cm³/mol. The van der Waals surface area contributed by atoms with E-state index in [1.807, 2.05) is 0 Å². The van der Waals surface area contributed by atoms with E-state index in [4.69, 9.17) is 37.3 Å². The minimum atomic E-state index is -3.03. The standard InChI is InChI=1S/C54H72O8Si2/c1-8-34-55-44-30-21-35-56-48(44)38-52-57-36-33-47-45(61-52)31-32-46-49(59-47)37-50(62-64(54(5,6)7,42-26-17-11-18-27-42)43-28-19-12-20-29-43)51(60-46)39-58-63(53(2,3)4,40-22-13-9-14-23-40)41-24-15-10-16-25-41/h8-20,22-29,44-52H,1,21,30-39H2,2-7H3/t44-,45+,46-,47-,48-,49+,50-,51+,52?/m0/s1. The molecule has 64 heavy (non-hydrogen) atoms. The first kappa shape index (κ1) is 47.2. The monoisotopic (exact) mass is 904 g/mol. The maximum Gasteiger partial charge on any atom is 0.261 e. The number of benzene rings is 4. The average molecular weight is 905 g/mol. The van der Waals surface area contributed by atoms with Crippen molar-refractivity contribution in [1.29, 1.82) is 0 Å². The number of hydrogen-bond donors (Lipinski definition) is 0. The molecule has 10 heteroatoms. The Balaban J connectivity index is 1.13. The normalized spacial score (nSPS) is 28.2. The first-order valence-corrected chi connectivity index (χ1v) is 27.7. The number of hydrogen-bond acceptors (Lipinski definition) is 8. The second kappa shape index (κ2) is 20.7. The summed E-state index contributed by atoms with van der Waals surface area (Å²) in [6.45, 7) is 20.1. The molecule has 4 aromatic rings. The van der Waals surface area contributed by atoms with E-state index in [9.17, 15) is 0 Å². The Morgan fingerprint density at radius 3 is 1.61 bits per heavy atom. The Bertz CT molecular complexity index is 1960. The highest BCUT2D eigenvalue weighted by Crippen LogP contribution is 2.43. The SMILES string of the molecule is C=CCO[C@H]1CCCO[C@H]1CC1OCC[C@@H]2O[C@@H]3C[C@H](O[Si](c4ccccc4)(c4ccccc4)C(C)(C)C)[C@@H](CO[Si](c4ccccc4)(c4ccccc4)C(C)(C)C)O[C@H]3CC[C@H]2O1. The molecule has 0 amide bonds. The number of fused-ring (bicyclic) bond motifs is 2. The fraction of sp³-hybridized carbons (Fsp3) is 0.519. The van der Waals surface area contributed by atoms with E-state index in [-0.39, 0.29) is 58.9 Å². The van der Waals surface area contributed by atoms with Gasteiger partial charge in [0.2, 0.25) is 0 Å². The molecule has 9 atom stereocenters. The van der Waals surface area contributed by atoms with E-state index < -0.39 is 22.9 Å². The molecule has 4 fully saturated rings. The van der Waals surface area contributed by atoms with Crippen molar-refractivity contribution < 1.29 is 37.3 Å². The fourth-order valence-corrected chi connectivity index (χ4v) is 20.3. The highest BCUT2D eigenvalue weighted by Gasteiger charge is 2.56. The van der Waals surface area contributed by atoms with Crippen LogP contribution >= 0.6 is 0 Å². The summed E-state index contributed by atoms with van der Waals surface area (Å²) >= 11 is 0. The zero-order valence-electron chi connectivity index (χ0n) is 39.1. The molecule has 1 unspecified atom stereocenters. The number of rotatable bonds is 14. The third-order valence-corrected chi connectivity index (χ3v) is 24.1. The maximum atomic E-state index is 8.06. The zero-order valence-corrected chi connectivity index (χ0v) is 41.1. The van der Waals surface area contributed by atoms with Gasteiger partial charge in [-0.1, -0.05) is 169 Å². The van der Waals surface area contributed by atoms with E-state index in [1.165, 1.54) is 20.7 Å². The molecule has 0 aliphatic carbocycles. The highest BCUT2D eigenvalue weighted by molar-refractivity contribution is 7.00. The van der Waals surface area contributed by atoms with Crippen LogP contribution in [-0.2, 0) is 37.3 Å². The molecule has 344 valence electrons. The molecule has 4 heterocycles. The van der Waals surface area contributed by atoms with Crippen LogP contribution in [0.15, 0.2) is 134 Å². The summed E-state index contributed by atoms with van der Waals surface area (Å²) in [5.41, 5.74) is 0. The van der Waals surface area contributed by atoms with Gasteiger partial charge in [-0.2, -0.15) is 0 Å². The molecule has 4 aromatic carbocycles. The molecule has 0 spiro atoms. The second-order valence-corrected chi connectivity index (χ2v) is 28.8. The van der Waals surface area contributed by atoms with Crippen LogP contribution in [0.4, 0.5) is 0 Å². The first-order valence-electron chi connectivity index (χ1n) is 23.9. The van der Waals surface area contributed by atoms with E-state index in [0.29, 0.717) is 32.7 Å². The van der Waals surface area contributed by atoms with Gasteiger partial charge < -0.3 is 37.3 Å². The smallest absolute Gasteiger partial charge is 0.261 e. The Labute approximate surface area is 385 Å². The van der Waals surface area contributed by atoms with E-state index in [1.54, 1.807) is 6.08 Å². The molecule has 4 aliphatic heterocycles. The van der Waals surface area contributed by atoms with Crippen molar-refractivity contribution in [3.8, 4) is 0 Å². The van der Waals surface area contributed by atoms with Crippen LogP contribution in [0.5, 0.6) is 0 Å². The summed E-state index contributed by atoms with van der Waals surface area (Å²) in [4.78, 5) is 0. The van der Waals surface area contributed by atoms with Crippen LogP contribution in [0.2, 0.25) is 10.1 Å². The molecule has 0 radical (unpaired) electrons. The first-order chi connectivity index (χ1) is 30.9. The van der Waals surface area contributed by atoms with E-state index in [0.717, 1.165) is 38.7 Å². The quantitative estimate of drug-likeness (QED) is 0.0923. The second-order valence-electron chi connectivity index (χ2n) is 20.2. The molecular weight excluding hydrogens is 833 g/mol. The van der Waals surface area contributed by atoms with Crippen molar-refractivity contribution in [3.63, 3.8) is 0 Å². The van der Waals surface area contributed by atoms with Gasteiger partial charge in [0.25, 0.3) is 16.6 Å². The average Bonchev–Trinajstić information content (AvgIpc) is 3.59. The van der Waals surface area contributed by atoms with Crippen molar-refractivity contribution >= 4 is 37.4 Å². The largest absolute Gasteiger partial charge is 0.405 e. The lowest BCUT2D eigenvalue weighted by molar-refractivity contribution is -0.211. The van der Waals surface area contributed by atoms with Crippen molar-refractivity contribution in [3.05, 3.63) is 134 Å². The fourth-order valence-electron chi connectivity index (χ4n) is 11.0. The summed E-state index contributed by atoms with van der Waals surface area (Å²) < 4.78 is 56.2. The van der Waals surface area contributed by atoms with Gasteiger partial charge in [-0.05, 0) is 62.9 Å². The maximum absolute atomic E-state index is 8.06. The summed E-state index contributed by atoms with van der Waals surface area (Å²) in [5.74, 6) is 0. The Kier molecular flexibility index (Phi) is 15.3. The summed E-state index contributed by atoms with van der Waals surface area (Å²) in [5, 5.41) is 4.54. The van der Waals surface area contributed by atoms with Gasteiger partial charge in [-0.3, -0.25) is 0 Å². The van der Waals surface area contributed by atoms with Gasteiger partial charge in [0.1, 0.15) is 6.10 Å². The topological polar surface area (TPSA) is 73.8 Å². The van der Waals surface area contributed by atoms with Crippen molar-refractivity contribution in [2.24, 2.45) is 0 Å². The van der Waals surface area contributed by atoms with E-state index in [2.05, 4.69) is 169 Å².